The summed E-state index contributed by atoms with van der Waals surface area (Å²) < 4.78 is 0. The first kappa shape index (κ1) is 19.4. The lowest BCUT2D eigenvalue weighted by Crippen LogP contribution is -1.92. The maximum absolute atomic E-state index is 8.69. The van der Waals surface area contributed by atoms with E-state index in [2.05, 4.69) is 32.1 Å². The second-order valence-corrected chi connectivity index (χ2v) is 5.80. The SMILES string of the molecule is CCc1nc(C(C)C#N)c(C)[nH]1.CCc1nc(C(C)C#N)c(C)[nH]1. The standard InChI is InChI=1S/2C9H13N3/c2*1-4-8-11-7(3)9(12-8)6(2)5-10/h2*6H,4H2,1-3H3,(H,11,12). The molecule has 0 saturated heterocycles. The van der Waals surface area contributed by atoms with Gasteiger partial charge in [-0.2, -0.15) is 10.5 Å². The number of nitrogens with one attached hydrogen (secondary N) is 2. The van der Waals surface area contributed by atoms with Crippen molar-refractivity contribution in [2.24, 2.45) is 0 Å². The van der Waals surface area contributed by atoms with Gasteiger partial charge >= 0.3 is 0 Å². The smallest absolute Gasteiger partial charge is 0.106 e. The van der Waals surface area contributed by atoms with Crippen LogP contribution >= 0.6 is 0 Å². The fourth-order valence-corrected chi connectivity index (χ4v) is 2.38. The third kappa shape index (κ3) is 4.70. The van der Waals surface area contributed by atoms with E-state index in [9.17, 15) is 0 Å². The molecule has 0 aliphatic carbocycles. The maximum atomic E-state index is 8.69. The second kappa shape index (κ2) is 8.88. The van der Waals surface area contributed by atoms with E-state index < -0.39 is 0 Å². The van der Waals surface area contributed by atoms with Gasteiger partial charge in [0, 0.05) is 24.2 Å². The Bertz CT molecular complexity index is 676. The molecule has 0 spiro atoms. The summed E-state index contributed by atoms with van der Waals surface area (Å²) >= 11 is 0. The fourth-order valence-electron chi connectivity index (χ4n) is 2.38. The molecule has 2 N–H and O–H groups in total. The lowest BCUT2D eigenvalue weighted by Gasteiger charge is -1.96. The van der Waals surface area contributed by atoms with Crippen LogP contribution in [0, 0.1) is 36.5 Å². The summed E-state index contributed by atoms with van der Waals surface area (Å²) in [5.74, 6) is 1.71. The molecule has 6 heteroatoms. The highest BCUT2D eigenvalue weighted by Crippen LogP contribution is 2.16. The van der Waals surface area contributed by atoms with Crippen LogP contribution in [0.3, 0.4) is 0 Å². The summed E-state index contributed by atoms with van der Waals surface area (Å²) in [6.07, 6.45) is 1.78. The summed E-state index contributed by atoms with van der Waals surface area (Å²) in [5.41, 5.74) is 3.80. The van der Waals surface area contributed by atoms with Crippen molar-refractivity contribution in [3.8, 4) is 12.1 Å². The van der Waals surface area contributed by atoms with Crippen molar-refractivity contribution in [3.63, 3.8) is 0 Å². The average molecular weight is 326 g/mol. The van der Waals surface area contributed by atoms with Crippen LogP contribution in [0.5, 0.6) is 0 Å². The van der Waals surface area contributed by atoms with Crippen LogP contribution < -0.4 is 0 Å². The van der Waals surface area contributed by atoms with E-state index >= 15 is 0 Å². The first-order valence-corrected chi connectivity index (χ1v) is 8.27. The normalized spacial score (nSPS) is 12.5. The predicted molar refractivity (Wildman–Crippen MR) is 93.5 cm³/mol. The van der Waals surface area contributed by atoms with E-state index in [1.807, 2.05) is 41.5 Å². The van der Waals surface area contributed by atoms with Crippen LogP contribution in [-0.2, 0) is 12.8 Å². The Kier molecular flexibility index (Phi) is 7.20. The van der Waals surface area contributed by atoms with Crippen molar-refractivity contribution in [2.75, 3.05) is 0 Å². The number of rotatable bonds is 4. The van der Waals surface area contributed by atoms with Crippen molar-refractivity contribution < 1.29 is 0 Å². The van der Waals surface area contributed by atoms with Gasteiger partial charge in [-0.1, -0.05) is 13.8 Å². The number of aromatic nitrogens is 4. The first-order valence-electron chi connectivity index (χ1n) is 8.27. The highest BCUT2D eigenvalue weighted by Gasteiger charge is 2.12. The minimum Gasteiger partial charge on any atom is -0.346 e. The zero-order chi connectivity index (χ0) is 18.3. The number of hydrogen-bond acceptors (Lipinski definition) is 4. The second-order valence-electron chi connectivity index (χ2n) is 5.80. The number of aryl methyl sites for hydroxylation is 4. The van der Waals surface area contributed by atoms with Crippen molar-refractivity contribution in [2.45, 2.75) is 66.2 Å². The molecule has 2 aromatic heterocycles. The molecule has 2 heterocycles. The Labute approximate surface area is 144 Å². The van der Waals surface area contributed by atoms with Crippen molar-refractivity contribution in [3.05, 3.63) is 34.4 Å². The lowest BCUT2D eigenvalue weighted by atomic mass is 10.1. The van der Waals surface area contributed by atoms with Gasteiger partial charge in [0.25, 0.3) is 0 Å². The van der Waals surface area contributed by atoms with E-state index in [0.717, 1.165) is 47.3 Å². The fraction of sp³-hybridized carbons (Fsp3) is 0.556. The molecule has 0 fully saturated rings. The monoisotopic (exact) mass is 326 g/mol. The van der Waals surface area contributed by atoms with Crippen molar-refractivity contribution in [1.29, 1.82) is 10.5 Å². The van der Waals surface area contributed by atoms with Gasteiger partial charge in [0.15, 0.2) is 0 Å². The molecule has 0 saturated carbocycles. The number of aromatic amines is 2. The predicted octanol–water partition coefficient (Wildman–Crippen LogP) is 3.82. The van der Waals surface area contributed by atoms with Crippen molar-refractivity contribution >= 4 is 0 Å². The maximum Gasteiger partial charge on any atom is 0.106 e. The van der Waals surface area contributed by atoms with E-state index in [4.69, 9.17) is 10.5 Å². The average Bonchev–Trinajstić information content (AvgIpc) is 3.16. The molecule has 0 bridgehead atoms. The number of nitriles is 2. The van der Waals surface area contributed by atoms with Gasteiger partial charge in [0.1, 0.15) is 11.6 Å². The van der Waals surface area contributed by atoms with Gasteiger partial charge in [-0.25, -0.2) is 9.97 Å². The van der Waals surface area contributed by atoms with Crippen LogP contribution in [0.25, 0.3) is 0 Å². The third-order valence-corrected chi connectivity index (χ3v) is 3.82. The Morgan fingerprint density at radius 1 is 0.833 bits per heavy atom. The third-order valence-electron chi connectivity index (χ3n) is 3.82. The van der Waals surface area contributed by atoms with E-state index in [1.165, 1.54) is 0 Å². The highest BCUT2D eigenvalue weighted by atomic mass is 14.9. The Morgan fingerprint density at radius 3 is 1.38 bits per heavy atom. The quantitative estimate of drug-likeness (QED) is 0.891. The summed E-state index contributed by atoms with van der Waals surface area (Å²) in [6, 6.07) is 4.35. The highest BCUT2D eigenvalue weighted by molar-refractivity contribution is 5.22. The van der Waals surface area contributed by atoms with Crippen LogP contribution in [-0.4, -0.2) is 19.9 Å². The molecule has 24 heavy (non-hydrogen) atoms. The van der Waals surface area contributed by atoms with Gasteiger partial charge in [0.2, 0.25) is 0 Å². The van der Waals surface area contributed by atoms with E-state index in [0.29, 0.717) is 0 Å². The summed E-state index contributed by atoms with van der Waals surface area (Å²) in [5, 5.41) is 17.4. The molecule has 2 aromatic rings. The molecule has 128 valence electrons. The summed E-state index contributed by atoms with van der Waals surface area (Å²) in [4.78, 5) is 14.9. The van der Waals surface area contributed by atoms with Gasteiger partial charge in [-0.15, -0.1) is 0 Å². The van der Waals surface area contributed by atoms with Gasteiger partial charge < -0.3 is 9.97 Å². The minimum absolute atomic E-state index is 0.110. The number of nitrogens with zero attached hydrogens (tertiary/aromatic N) is 4. The van der Waals surface area contributed by atoms with Gasteiger partial charge in [-0.05, 0) is 27.7 Å². The summed E-state index contributed by atoms with van der Waals surface area (Å²) in [6.45, 7) is 11.7. The Morgan fingerprint density at radius 2 is 1.17 bits per heavy atom. The molecule has 0 aliphatic rings. The van der Waals surface area contributed by atoms with E-state index in [-0.39, 0.29) is 11.8 Å². The van der Waals surface area contributed by atoms with E-state index in [1.54, 1.807) is 0 Å². The first-order chi connectivity index (χ1) is 11.4. The molecule has 0 aliphatic heterocycles. The van der Waals surface area contributed by atoms with Crippen LogP contribution in [0.4, 0.5) is 0 Å². The van der Waals surface area contributed by atoms with Crippen molar-refractivity contribution in [1.82, 2.24) is 19.9 Å². The largest absolute Gasteiger partial charge is 0.346 e. The zero-order valence-corrected chi connectivity index (χ0v) is 15.4. The zero-order valence-electron chi connectivity index (χ0n) is 15.4. The number of imidazole rings is 2. The molecule has 2 rings (SSSR count). The molecule has 0 aromatic carbocycles. The molecular weight excluding hydrogens is 300 g/mol. The topological polar surface area (TPSA) is 105 Å². The van der Waals surface area contributed by atoms with Crippen LogP contribution in [0.15, 0.2) is 0 Å². The number of H-pyrrole nitrogens is 2. The van der Waals surface area contributed by atoms with Gasteiger partial charge in [-0.3, -0.25) is 0 Å². The molecule has 0 radical (unpaired) electrons. The molecular formula is C18H26N6. The Hall–Kier alpha value is -2.60. The van der Waals surface area contributed by atoms with Crippen LogP contribution in [0.1, 0.15) is 74.0 Å². The number of hydrogen-bond donors (Lipinski definition) is 2. The Balaban J connectivity index is 0.000000240. The lowest BCUT2D eigenvalue weighted by molar-refractivity contribution is 0.903. The molecule has 6 nitrogen and oxygen atoms in total. The minimum atomic E-state index is -0.110. The molecule has 0 amide bonds. The molecule has 2 atom stereocenters. The van der Waals surface area contributed by atoms with Gasteiger partial charge in [0.05, 0.1) is 35.4 Å². The summed E-state index contributed by atoms with van der Waals surface area (Å²) in [7, 11) is 0. The van der Waals surface area contributed by atoms with Crippen LogP contribution in [0.2, 0.25) is 0 Å². The molecule has 2 unspecified atom stereocenters.